The van der Waals surface area contributed by atoms with Gasteiger partial charge in [-0.15, -0.1) is 10.2 Å². The van der Waals surface area contributed by atoms with Crippen LogP contribution in [-0.2, 0) is 0 Å². The molecule has 0 spiro atoms. The number of pyridine rings is 1. The highest BCUT2D eigenvalue weighted by Crippen LogP contribution is 2.16. The number of nitrogens with zero attached hydrogens (tertiary/aromatic N) is 3. The topological polar surface area (TPSA) is 71.3 Å². The Morgan fingerprint density at radius 3 is 2.91 bits per heavy atom. The summed E-state index contributed by atoms with van der Waals surface area (Å²) >= 11 is 5.89. The molecule has 0 aliphatic carbocycles. The van der Waals surface area contributed by atoms with Crippen molar-refractivity contribution in [3.63, 3.8) is 0 Å². The van der Waals surface area contributed by atoms with Crippen molar-refractivity contribution in [2.24, 2.45) is 0 Å². The van der Waals surface area contributed by atoms with E-state index in [2.05, 4.69) is 20.8 Å². The molecular formula is C15H14ClN5O. The molecule has 3 rings (SSSR count). The van der Waals surface area contributed by atoms with E-state index in [0.29, 0.717) is 16.5 Å². The lowest BCUT2D eigenvalue weighted by Gasteiger charge is -2.13. The van der Waals surface area contributed by atoms with Crippen LogP contribution in [-0.4, -0.2) is 20.6 Å². The molecule has 2 N–H and O–H groups in total. The third kappa shape index (κ3) is 3.01. The number of halogens is 1. The van der Waals surface area contributed by atoms with Crippen LogP contribution in [0.15, 0.2) is 48.7 Å². The van der Waals surface area contributed by atoms with Gasteiger partial charge in [-0.1, -0.05) is 23.7 Å². The predicted molar refractivity (Wildman–Crippen MR) is 85.0 cm³/mol. The molecule has 0 aliphatic heterocycles. The van der Waals surface area contributed by atoms with Gasteiger partial charge in [-0.25, -0.2) is 4.79 Å². The molecule has 7 heteroatoms. The van der Waals surface area contributed by atoms with E-state index in [1.807, 2.05) is 35.7 Å². The van der Waals surface area contributed by atoms with Gasteiger partial charge in [0.05, 0.1) is 6.04 Å². The van der Waals surface area contributed by atoms with Gasteiger partial charge >= 0.3 is 6.03 Å². The maximum absolute atomic E-state index is 12.0. The van der Waals surface area contributed by atoms with Crippen LogP contribution in [0, 0.1) is 0 Å². The second-order valence-corrected chi connectivity index (χ2v) is 5.25. The number of rotatable bonds is 3. The van der Waals surface area contributed by atoms with E-state index in [1.54, 1.807) is 24.3 Å². The fourth-order valence-electron chi connectivity index (χ4n) is 2.15. The molecule has 0 bridgehead atoms. The van der Waals surface area contributed by atoms with Crippen molar-refractivity contribution in [3.05, 3.63) is 59.5 Å². The molecule has 2 aromatic heterocycles. The van der Waals surface area contributed by atoms with Crippen LogP contribution in [0.25, 0.3) is 5.65 Å². The Morgan fingerprint density at radius 2 is 2.09 bits per heavy atom. The van der Waals surface area contributed by atoms with E-state index in [9.17, 15) is 4.79 Å². The molecule has 22 heavy (non-hydrogen) atoms. The van der Waals surface area contributed by atoms with Gasteiger partial charge < -0.3 is 10.6 Å². The first-order valence-electron chi connectivity index (χ1n) is 6.76. The molecule has 1 aromatic carbocycles. The van der Waals surface area contributed by atoms with Crippen molar-refractivity contribution < 1.29 is 4.79 Å². The molecule has 0 saturated carbocycles. The molecule has 2 amide bonds. The molecule has 1 atom stereocenters. The van der Waals surface area contributed by atoms with Crippen LogP contribution in [0.3, 0.4) is 0 Å². The lowest BCUT2D eigenvalue weighted by atomic mass is 10.3. The summed E-state index contributed by atoms with van der Waals surface area (Å²) in [5.41, 5.74) is 1.37. The van der Waals surface area contributed by atoms with Crippen LogP contribution in [0.1, 0.15) is 18.8 Å². The molecule has 2 heterocycles. The molecule has 6 nitrogen and oxygen atoms in total. The lowest BCUT2D eigenvalue weighted by Crippen LogP contribution is -2.32. The van der Waals surface area contributed by atoms with Crippen molar-refractivity contribution in [1.29, 1.82) is 0 Å². The molecule has 3 aromatic rings. The lowest BCUT2D eigenvalue weighted by molar-refractivity contribution is 0.249. The van der Waals surface area contributed by atoms with Gasteiger partial charge in [0.25, 0.3) is 0 Å². The zero-order chi connectivity index (χ0) is 15.5. The van der Waals surface area contributed by atoms with Gasteiger partial charge in [-0.2, -0.15) is 0 Å². The van der Waals surface area contributed by atoms with Crippen LogP contribution in [0.5, 0.6) is 0 Å². The minimum atomic E-state index is -0.331. The Morgan fingerprint density at radius 1 is 1.23 bits per heavy atom. The number of hydrogen-bond donors (Lipinski definition) is 2. The number of amides is 2. The minimum absolute atomic E-state index is 0.295. The van der Waals surface area contributed by atoms with Crippen molar-refractivity contribution in [3.8, 4) is 0 Å². The van der Waals surface area contributed by atoms with Gasteiger partial charge in [0.2, 0.25) is 0 Å². The van der Waals surface area contributed by atoms with E-state index in [-0.39, 0.29) is 12.1 Å². The monoisotopic (exact) mass is 315 g/mol. The first kappa shape index (κ1) is 14.3. The second kappa shape index (κ2) is 6.03. The summed E-state index contributed by atoms with van der Waals surface area (Å²) in [6.45, 7) is 1.85. The quantitative estimate of drug-likeness (QED) is 0.779. The normalized spacial score (nSPS) is 12.1. The van der Waals surface area contributed by atoms with E-state index >= 15 is 0 Å². The van der Waals surface area contributed by atoms with E-state index in [0.717, 1.165) is 5.65 Å². The van der Waals surface area contributed by atoms with Gasteiger partial charge in [0.15, 0.2) is 11.5 Å². The largest absolute Gasteiger partial charge is 0.328 e. The van der Waals surface area contributed by atoms with Crippen LogP contribution in [0.4, 0.5) is 10.5 Å². The summed E-state index contributed by atoms with van der Waals surface area (Å²) in [4.78, 5) is 12.0. The minimum Gasteiger partial charge on any atom is -0.328 e. The first-order valence-corrected chi connectivity index (χ1v) is 7.14. The molecule has 0 radical (unpaired) electrons. The van der Waals surface area contributed by atoms with Crippen molar-refractivity contribution in [2.45, 2.75) is 13.0 Å². The highest BCUT2D eigenvalue weighted by molar-refractivity contribution is 6.30. The van der Waals surface area contributed by atoms with Gasteiger partial charge in [0, 0.05) is 16.9 Å². The van der Waals surface area contributed by atoms with Gasteiger partial charge in [-0.05, 0) is 37.3 Å². The van der Waals surface area contributed by atoms with E-state index in [4.69, 9.17) is 11.6 Å². The predicted octanol–water partition coefficient (Wildman–Crippen LogP) is 3.27. The zero-order valence-corrected chi connectivity index (χ0v) is 12.6. The maximum Gasteiger partial charge on any atom is 0.319 e. The summed E-state index contributed by atoms with van der Waals surface area (Å²) in [5, 5.41) is 14.3. The number of benzene rings is 1. The van der Waals surface area contributed by atoms with Crippen LogP contribution in [0.2, 0.25) is 5.02 Å². The summed E-state index contributed by atoms with van der Waals surface area (Å²) < 4.78 is 1.84. The Bertz CT molecular complexity index is 816. The fraction of sp³-hybridized carbons (Fsp3) is 0.133. The molecule has 0 aliphatic rings. The average Bonchev–Trinajstić information content (AvgIpc) is 2.91. The molecule has 0 fully saturated rings. The van der Waals surface area contributed by atoms with Crippen LogP contribution >= 0.6 is 11.6 Å². The Kier molecular flexibility index (Phi) is 3.93. The van der Waals surface area contributed by atoms with Crippen LogP contribution < -0.4 is 10.6 Å². The Labute approximate surface area is 132 Å². The first-order chi connectivity index (χ1) is 10.6. The SMILES string of the molecule is CC(NC(=O)Nc1cccc(Cl)c1)c1nnc2ccccn12. The number of carbonyl (C=O) groups is 1. The second-order valence-electron chi connectivity index (χ2n) is 4.82. The Hall–Kier alpha value is -2.60. The summed E-state index contributed by atoms with van der Waals surface area (Å²) in [5.74, 6) is 0.664. The number of anilines is 1. The van der Waals surface area contributed by atoms with Crippen molar-refractivity contribution in [1.82, 2.24) is 19.9 Å². The van der Waals surface area contributed by atoms with Crippen molar-refractivity contribution in [2.75, 3.05) is 5.32 Å². The molecule has 1 unspecified atom stereocenters. The number of urea groups is 1. The number of hydrogen-bond acceptors (Lipinski definition) is 3. The average molecular weight is 316 g/mol. The summed E-state index contributed by atoms with van der Waals surface area (Å²) in [7, 11) is 0. The summed E-state index contributed by atoms with van der Waals surface area (Å²) in [6.07, 6.45) is 1.86. The smallest absolute Gasteiger partial charge is 0.319 e. The third-order valence-electron chi connectivity index (χ3n) is 3.16. The standard InChI is InChI=1S/C15H14ClN5O/c1-10(14-20-19-13-7-2-3-8-21(13)14)17-15(22)18-12-6-4-5-11(16)9-12/h2-10H,1H3,(H2,17,18,22). The van der Waals surface area contributed by atoms with Crippen molar-refractivity contribution >= 4 is 29.0 Å². The van der Waals surface area contributed by atoms with Gasteiger partial charge in [0.1, 0.15) is 0 Å². The number of nitrogens with one attached hydrogen (secondary N) is 2. The van der Waals surface area contributed by atoms with E-state index < -0.39 is 0 Å². The Balaban J connectivity index is 1.71. The zero-order valence-electron chi connectivity index (χ0n) is 11.8. The number of carbonyl (C=O) groups excluding carboxylic acids is 1. The number of fused-ring (bicyclic) bond motifs is 1. The highest BCUT2D eigenvalue weighted by Gasteiger charge is 2.15. The fourth-order valence-corrected chi connectivity index (χ4v) is 2.34. The highest BCUT2D eigenvalue weighted by atomic mass is 35.5. The van der Waals surface area contributed by atoms with Gasteiger partial charge in [-0.3, -0.25) is 4.40 Å². The molecular weight excluding hydrogens is 302 g/mol. The third-order valence-corrected chi connectivity index (χ3v) is 3.39. The van der Waals surface area contributed by atoms with E-state index in [1.165, 1.54) is 0 Å². The maximum atomic E-state index is 12.0. The molecule has 112 valence electrons. The summed E-state index contributed by atoms with van der Waals surface area (Å²) in [6, 6.07) is 12.0. The molecule has 0 saturated heterocycles. The number of aromatic nitrogens is 3.